The summed E-state index contributed by atoms with van der Waals surface area (Å²) in [6.07, 6.45) is 2.81. The second-order valence-electron chi connectivity index (χ2n) is 5.36. The first kappa shape index (κ1) is 12.3. The molecule has 1 saturated carbocycles. The number of carbonyl (C=O) groups excluding carboxylic acids is 1. The molecule has 1 amide bonds. The van der Waals surface area contributed by atoms with Gasteiger partial charge < -0.3 is 5.32 Å². The highest BCUT2D eigenvalue weighted by molar-refractivity contribution is 6.59. The number of rotatable bonds is 1. The van der Waals surface area contributed by atoms with Gasteiger partial charge in [-0.3, -0.25) is 4.79 Å². The van der Waals surface area contributed by atoms with Gasteiger partial charge in [-0.2, -0.15) is 0 Å². The van der Waals surface area contributed by atoms with Crippen molar-refractivity contribution in [2.45, 2.75) is 43.0 Å². The highest BCUT2D eigenvalue weighted by atomic mass is 35.5. The predicted molar refractivity (Wildman–Crippen MR) is 66.6 cm³/mol. The van der Waals surface area contributed by atoms with E-state index in [4.69, 9.17) is 23.2 Å². The van der Waals surface area contributed by atoms with Crippen LogP contribution in [0.5, 0.6) is 0 Å². The summed E-state index contributed by atoms with van der Waals surface area (Å²) in [5.74, 6) is 0.166. The first-order valence-electron chi connectivity index (χ1n) is 5.63. The van der Waals surface area contributed by atoms with Gasteiger partial charge in [0.2, 0.25) is 4.33 Å². The molecule has 16 heavy (non-hydrogen) atoms. The van der Waals surface area contributed by atoms with Crippen molar-refractivity contribution >= 4 is 29.1 Å². The third kappa shape index (κ3) is 1.67. The number of nitrogens with one attached hydrogen (secondary N) is 1. The zero-order valence-corrected chi connectivity index (χ0v) is 11.2. The van der Waals surface area contributed by atoms with Gasteiger partial charge in [-0.1, -0.05) is 35.4 Å². The van der Waals surface area contributed by atoms with Crippen LogP contribution in [-0.4, -0.2) is 15.8 Å². The molecule has 1 aliphatic heterocycles. The van der Waals surface area contributed by atoms with Gasteiger partial charge in [0, 0.05) is 11.5 Å². The van der Waals surface area contributed by atoms with Gasteiger partial charge in [0.05, 0.1) is 0 Å². The molecular formula is C12H17Cl2NO. The summed E-state index contributed by atoms with van der Waals surface area (Å²) in [5.41, 5.74) is 0.914. The van der Waals surface area contributed by atoms with Crippen LogP contribution in [0, 0.1) is 11.8 Å². The van der Waals surface area contributed by atoms with Crippen LogP contribution in [0.4, 0.5) is 0 Å². The standard InChI is InChI=1S/C12H17Cl2NO/c1-7(2)8-4-5-11(3)9(6-8)12(13,14)10(16)15-11/h8-9H,1,4-6H2,2-3H3,(H,15,16). The molecule has 2 nitrogen and oxygen atoms in total. The Morgan fingerprint density at radius 1 is 1.56 bits per heavy atom. The molecular weight excluding hydrogens is 245 g/mol. The normalized spacial score (nSPS) is 41.4. The van der Waals surface area contributed by atoms with Crippen molar-refractivity contribution in [2.75, 3.05) is 0 Å². The number of hydrogen-bond acceptors (Lipinski definition) is 1. The fraction of sp³-hybridized carbons (Fsp3) is 0.750. The minimum Gasteiger partial charge on any atom is -0.348 e. The molecule has 2 aliphatic rings. The van der Waals surface area contributed by atoms with Crippen molar-refractivity contribution in [2.24, 2.45) is 11.8 Å². The van der Waals surface area contributed by atoms with Crippen molar-refractivity contribution in [1.82, 2.24) is 5.32 Å². The van der Waals surface area contributed by atoms with E-state index in [1.54, 1.807) is 0 Å². The third-order valence-electron chi connectivity index (χ3n) is 4.14. The van der Waals surface area contributed by atoms with E-state index in [9.17, 15) is 4.79 Å². The molecule has 0 bridgehead atoms. The Balaban J connectivity index is 2.28. The van der Waals surface area contributed by atoms with Gasteiger partial charge in [0.1, 0.15) is 0 Å². The summed E-state index contributed by atoms with van der Waals surface area (Å²) >= 11 is 12.3. The number of hydrogen-bond donors (Lipinski definition) is 1. The second kappa shape index (κ2) is 3.64. The van der Waals surface area contributed by atoms with E-state index >= 15 is 0 Å². The van der Waals surface area contributed by atoms with Crippen LogP contribution in [-0.2, 0) is 4.79 Å². The highest BCUT2D eigenvalue weighted by Gasteiger charge is 2.60. The molecule has 3 unspecified atom stereocenters. The number of alkyl halides is 2. The number of halogens is 2. The first-order chi connectivity index (χ1) is 7.27. The van der Waals surface area contributed by atoms with Gasteiger partial charge in [-0.05, 0) is 39.0 Å². The fourth-order valence-electron chi connectivity index (χ4n) is 2.96. The topological polar surface area (TPSA) is 29.1 Å². The summed E-state index contributed by atoms with van der Waals surface area (Å²) in [6.45, 7) is 8.06. The summed E-state index contributed by atoms with van der Waals surface area (Å²) in [6, 6.07) is 0. The van der Waals surface area contributed by atoms with E-state index in [0.717, 1.165) is 24.8 Å². The van der Waals surface area contributed by atoms with Crippen LogP contribution in [0.25, 0.3) is 0 Å². The highest BCUT2D eigenvalue weighted by Crippen LogP contribution is 2.52. The summed E-state index contributed by atoms with van der Waals surface area (Å²) in [5, 5.41) is 2.95. The van der Waals surface area contributed by atoms with Crippen LogP contribution < -0.4 is 5.32 Å². The molecule has 1 N–H and O–H groups in total. The molecule has 0 spiro atoms. The fourth-order valence-corrected chi connectivity index (χ4v) is 3.71. The second-order valence-corrected chi connectivity index (χ2v) is 6.75. The molecule has 1 heterocycles. The van der Waals surface area contributed by atoms with Crippen LogP contribution in [0.15, 0.2) is 12.2 Å². The Bertz CT molecular complexity index is 353. The van der Waals surface area contributed by atoms with Crippen LogP contribution in [0.3, 0.4) is 0 Å². The van der Waals surface area contributed by atoms with Crippen LogP contribution >= 0.6 is 23.2 Å². The Kier molecular flexibility index (Phi) is 2.79. The van der Waals surface area contributed by atoms with Gasteiger partial charge in [-0.15, -0.1) is 0 Å². The number of fused-ring (bicyclic) bond motifs is 1. The van der Waals surface area contributed by atoms with Crippen LogP contribution in [0.2, 0.25) is 0 Å². The monoisotopic (exact) mass is 261 g/mol. The van der Waals surface area contributed by atoms with E-state index in [1.807, 2.05) is 13.8 Å². The maximum atomic E-state index is 11.7. The molecule has 0 aromatic rings. The van der Waals surface area contributed by atoms with Crippen molar-refractivity contribution in [3.63, 3.8) is 0 Å². The van der Waals surface area contributed by atoms with Gasteiger partial charge in [0.15, 0.2) is 0 Å². The summed E-state index contributed by atoms with van der Waals surface area (Å²) in [4.78, 5) is 11.7. The number of allylic oxidation sites excluding steroid dienone is 1. The largest absolute Gasteiger partial charge is 0.348 e. The Hall–Kier alpha value is -0.210. The molecule has 2 fully saturated rings. The Labute approximate surface area is 106 Å². The SMILES string of the molecule is C=C(C)C1CCC2(C)NC(=O)C(Cl)(Cl)C2C1. The Morgan fingerprint density at radius 2 is 2.19 bits per heavy atom. The lowest BCUT2D eigenvalue weighted by Gasteiger charge is -2.41. The zero-order valence-electron chi connectivity index (χ0n) is 9.65. The van der Waals surface area contributed by atoms with Gasteiger partial charge in [-0.25, -0.2) is 0 Å². The van der Waals surface area contributed by atoms with E-state index < -0.39 is 4.33 Å². The maximum absolute atomic E-state index is 11.7. The minimum absolute atomic E-state index is 0.0220. The summed E-state index contributed by atoms with van der Waals surface area (Å²) < 4.78 is -1.27. The van der Waals surface area contributed by atoms with Crippen molar-refractivity contribution in [3.05, 3.63) is 12.2 Å². The lowest BCUT2D eigenvalue weighted by atomic mass is 9.69. The lowest BCUT2D eigenvalue weighted by molar-refractivity contribution is -0.120. The minimum atomic E-state index is -1.27. The molecule has 90 valence electrons. The van der Waals surface area contributed by atoms with E-state index in [0.29, 0.717) is 5.92 Å². The van der Waals surface area contributed by atoms with E-state index in [2.05, 4.69) is 11.9 Å². The van der Waals surface area contributed by atoms with E-state index in [-0.39, 0.29) is 17.4 Å². The molecule has 0 aromatic heterocycles. The molecule has 3 atom stereocenters. The predicted octanol–water partition coefficient (Wildman–Crippen LogP) is 3.04. The van der Waals surface area contributed by atoms with E-state index in [1.165, 1.54) is 0 Å². The maximum Gasteiger partial charge on any atom is 0.257 e. The van der Waals surface area contributed by atoms with Crippen LogP contribution in [0.1, 0.15) is 33.1 Å². The van der Waals surface area contributed by atoms with Crippen molar-refractivity contribution in [1.29, 1.82) is 0 Å². The average Bonchev–Trinajstić information content (AvgIpc) is 2.33. The van der Waals surface area contributed by atoms with Crippen molar-refractivity contribution in [3.8, 4) is 0 Å². The molecule has 1 aliphatic carbocycles. The molecule has 0 radical (unpaired) electrons. The molecule has 4 heteroatoms. The third-order valence-corrected chi connectivity index (χ3v) is 5.01. The first-order valence-corrected chi connectivity index (χ1v) is 6.39. The van der Waals surface area contributed by atoms with Gasteiger partial charge >= 0.3 is 0 Å². The zero-order chi connectivity index (χ0) is 12.1. The quantitative estimate of drug-likeness (QED) is 0.571. The Morgan fingerprint density at radius 3 is 2.75 bits per heavy atom. The lowest BCUT2D eigenvalue weighted by Crippen LogP contribution is -2.47. The van der Waals surface area contributed by atoms with Crippen molar-refractivity contribution < 1.29 is 4.79 Å². The number of amides is 1. The number of carbonyl (C=O) groups is 1. The average molecular weight is 262 g/mol. The molecule has 0 aromatic carbocycles. The molecule has 1 saturated heterocycles. The smallest absolute Gasteiger partial charge is 0.257 e. The molecule has 2 rings (SSSR count). The van der Waals surface area contributed by atoms with Gasteiger partial charge in [0.25, 0.3) is 5.91 Å². The summed E-state index contributed by atoms with van der Waals surface area (Å²) in [7, 11) is 0.